The molecule has 5 heteroatoms. The summed E-state index contributed by atoms with van der Waals surface area (Å²) in [5.41, 5.74) is 7.27. The molecular weight excluding hydrogens is 283 g/mol. The molecule has 2 nitrogen and oxygen atoms in total. The molecule has 0 bridgehead atoms. The Labute approximate surface area is 121 Å². The number of halogens is 2. The zero-order chi connectivity index (χ0) is 14.0. The molecule has 2 N–H and O–H groups in total. The lowest BCUT2D eigenvalue weighted by atomic mass is 10.1. The van der Waals surface area contributed by atoms with E-state index in [1.807, 2.05) is 37.1 Å². The van der Waals surface area contributed by atoms with Gasteiger partial charge in [0.05, 0.1) is 16.6 Å². The first-order valence-corrected chi connectivity index (χ1v) is 7.18. The van der Waals surface area contributed by atoms with Gasteiger partial charge in [0.2, 0.25) is 0 Å². The summed E-state index contributed by atoms with van der Waals surface area (Å²) in [7, 11) is 1.86. The molecule has 1 aromatic carbocycles. The van der Waals surface area contributed by atoms with Crippen molar-refractivity contribution in [2.24, 2.45) is 5.73 Å². The number of nitrogens with two attached hydrogens (primary N) is 1. The second-order valence-corrected chi connectivity index (χ2v) is 6.33. The summed E-state index contributed by atoms with van der Waals surface area (Å²) in [6, 6.07) is 8.60. The molecule has 0 saturated carbocycles. The van der Waals surface area contributed by atoms with Gasteiger partial charge in [-0.3, -0.25) is 0 Å². The molecule has 19 heavy (non-hydrogen) atoms. The van der Waals surface area contributed by atoms with Gasteiger partial charge in [-0.25, -0.2) is 4.39 Å². The van der Waals surface area contributed by atoms with Crippen LogP contribution in [0.25, 0.3) is 0 Å². The molecule has 0 spiro atoms. The first-order valence-electron chi connectivity index (χ1n) is 5.98. The number of anilines is 1. The van der Waals surface area contributed by atoms with Gasteiger partial charge in [-0.1, -0.05) is 23.7 Å². The maximum absolute atomic E-state index is 14.0. The van der Waals surface area contributed by atoms with Crippen LogP contribution < -0.4 is 10.6 Å². The zero-order valence-corrected chi connectivity index (χ0v) is 12.4. The van der Waals surface area contributed by atoms with Crippen LogP contribution in [0, 0.1) is 5.82 Å². The first kappa shape index (κ1) is 14.3. The predicted molar refractivity (Wildman–Crippen MR) is 80.4 cm³/mol. The normalized spacial score (nSPS) is 12.5. The van der Waals surface area contributed by atoms with Crippen LogP contribution in [0.15, 0.2) is 30.3 Å². The molecule has 1 unspecified atom stereocenters. The molecule has 0 amide bonds. The molecule has 0 fully saturated rings. The van der Waals surface area contributed by atoms with Crippen molar-refractivity contribution in [3.05, 3.63) is 50.9 Å². The van der Waals surface area contributed by atoms with Crippen molar-refractivity contribution in [1.29, 1.82) is 0 Å². The summed E-state index contributed by atoms with van der Waals surface area (Å²) < 4.78 is 14.8. The Morgan fingerprint density at radius 3 is 2.68 bits per heavy atom. The third-order valence-corrected chi connectivity index (χ3v) is 4.13. The number of thiophene rings is 1. The summed E-state index contributed by atoms with van der Waals surface area (Å²) in [5.74, 6) is -0.250. The van der Waals surface area contributed by atoms with Gasteiger partial charge in [0.15, 0.2) is 0 Å². The number of hydrogen-bond acceptors (Lipinski definition) is 3. The highest BCUT2D eigenvalue weighted by Gasteiger charge is 2.16. The van der Waals surface area contributed by atoms with Crippen LogP contribution in [0.3, 0.4) is 0 Å². The van der Waals surface area contributed by atoms with Crippen molar-refractivity contribution >= 4 is 28.6 Å². The van der Waals surface area contributed by atoms with Crippen LogP contribution in [-0.2, 0) is 6.54 Å². The second kappa shape index (κ2) is 5.90. The third kappa shape index (κ3) is 3.26. The average Bonchev–Trinajstić information content (AvgIpc) is 2.74. The Morgan fingerprint density at radius 2 is 2.11 bits per heavy atom. The van der Waals surface area contributed by atoms with E-state index in [0.29, 0.717) is 12.2 Å². The van der Waals surface area contributed by atoms with Gasteiger partial charge in [0.25, 0.3) is 0 Å². The van der Waals surface area contributed by atoms with Crippen molar-refractivity contribution in [1.82, 2.24) is 0 Å². The highest BCUT2D eigenvalue weighted by Crippen LogP contribution is 2.30. The molecule has 1 atom stereocenters. The van der Waals surface area contributed by atoms with Crippen molar-refractivity contribution in [2.75, 3.05) is 11.9 Å². The summed E-state index contributed by atoms with van der Waals surface area (Å²) in [6.45, 7) is 2.46. The van der Waals surface area contributed by atoms with Crippen molar-refractivity contribution in [2.45, 2.75) is 19.5 Å². The van der Waals surface area contributed by atoms with Crippen LogP contribution in [0.4, 0.5) is 10.1 Å². The van der Waals surface area contributed by atoms with Crippen LogP contribution >= 0.6 is 22.9 Å². The average molecular weight is 299 g/mol. The van der Waals surface area contributed by atoms with Gasteiger partial charge < -0.3 is 10.6 Å². The van der Waals surface area contributed by atoms with Gasteiger partial charge in [-0.15, -0.1) is 11.3 Å². The number of para-hydroxylation sites is 1. The minimum Gasteiger partial charge on any atom is -0.367 e. The van der Waals surface area contributed by atoms with E-state index in [1.54, 1.807) is 6.07 Å². The second-order valence-electron chi connectivity index (χ2n) is 4.53. The van der Waals surface area contributed by atoms with Crippen molar-refractivity contribution in [3.8, 4) is 0 Å². The topological polar surface area (TPSA) is 29.3 Å². The fraction of sp³-hybridized carbons (Fsp3) is 0.286. The Kier molecular flexibility index (Phi) is 4.45. The molecule has 0 aliphatic rings. The van der Waals surface area contributed by atoms with Crippen LogP contribution in [0.1, 0.15) is 23.4 Å². The van der Waals surface area contributed by atoms with Gasteiger partial charge in [-0.2, -0.15) is 0 Å². The summed E-state index contributed by atoms with van der Waals surface area (Å²) in [6.07, 6.45) is 0. The lowest BCUT2D eigenvalue weighted by molar-refractivity contribution is 0.616. The van der Waals surface area contributed by atoms with E-state index in [0.717, 1.165) is 14.8 Å². The number of hydrogen-bond donors (Lipinski definition) is 1. The highest BCUT2D eigenvalue weighted by atomic mass is 35.5. The Hall–Kier alpha value is -1.10. The third-order valence-electron chi connectivity index (χ3n) is 2.91. The largest absolute Gasteiger partial charge is 0.367 e. The monoisotopic (exact) mass is 298 g/mol. The van der Waals surface area contributed by atoms with Crippen molar-refractivity contribution in [3.63, 3.8) is 0 Å². The summed E-state index contributed by atoms with van der Waals surface area (Å²) in [4.78, 5) is 2.96. The standard InChI is InChI=1S/C14H16ClFN2S/c1-9(17)11-4-3-5-12(16)14(11)18(2)8-10-6-7-13(15)19-10/h3-7,9H,8,17H2,1-2H3. The lowest BCUT2D eigenvalue weighted by Crippen LogP contribution is -2.21. The minimum atomic E-state index is -0.250. The molecule has 1 aromatic heterocycles. The molecule has 0 aliphatic heterocycles. The molecule has 2 aromatic rings. The maximum Gasteiger partial charge on any atom is 0.146 e. The molecular formula is C14H16ClFN2S. The van der Waals surface area contributed by atoms with E-state index >= 15 is 0 Å². The van der Waals surface area contributed by atoms with Gasteiger partial charge in [0.1, 0.15) is 5.82 Å². The van der Waals surface area contributed by atoms with Crippen molar-refractivity contribution < 1.29 is 4.39 Å². The minimum absolute atomic E-state index is 0.208. The van der Waals surface area contributed by atoms with Gasteiger partial charge in [-0.05, 0) is 30.7 Å². The van der Waals surface area contributed by atoms with E-state index in [-0.39, 0.29) is 11.9 Å². The predicted octanol–water partition coefficient (Wildman–Crippen LogP) is 4.20. The smallest absolute Gasteiger partial charge is 0.146 e. The maximum atomic E-state index is 14.0. The molecule has 0 aliphatic carbocycles. The van der Waals surface area contributed by atoms with E-state index in [1.165, 1.54) is 17.4 Å². The summed E-state index contributed by atoms with van der Waals surface area (Å²) in [5, 5.41) is 0. The Balaban J connectivity index is 2.30. The summed E-state index contributed by atoms with van der Waals surface area (Å²) >= 11 is 7.41. The zero-order valence-electron chi connectivity index (χ0n) is 10.9. The lowest BCUT2D eigenvalue weighted by Gasteiger charge is -2.24. The van der Waals surface area contributed by atoms with Crippen LogP contribution in [-0.4, -0.2) is 7.05 Å². The fourth-order valence-corrected chi connectivity index (χ4v) is 3.19. The first-order chi connectivity index (χ1) is 8.99. The quantitative estimate of drug-likeness (QED) is 0.917. The number of nitrogens with zero attached hydrogens (tertiary/aromatic N) is 1. The van der Waals surface area contributed by atoms with E-state index in [9.17, 15) is 4.39 Å². The Bertz CT molecular complexity index is 568. The number of benzene rings is 1. The molecule has 2 rings (SSSR count). The van der Waals surface area contributed by atoms with Gasteiger partial charge >= 0.3 is 0 Å². The molecule has 102 valence electrons. The molecule has 1 heterocycles. The Morgan fingerprint density at radius 1 is 1.37 bits per heavy atom. The molecule has 0 radical (unpaired) electrons. The van der Waals surface area contributed by atoms with Crippen LogP contribution in [0.2, 0.25) is 4.34 Å². The molecule has 0 saturated heterocycles. The fourth-order valence-electron chi connectivity index (χ4n) is 2.05. The van der Waals surface area contributed by atoms with Gasteiger partial charge in [0, 0.05) is 18.0 Å². The van der Waals surface area contributed by atoms with E-state index in [4.69, 9.17) is 17.3 Å². The van der Waals surface area contributed by atoms with E-state index < -0.39 is 0 Å². The SMILES string of the molecule is CC(N)c1cccc(F)c1N(C)Cc1ccc(Cl)s1. The number of rotatable bonds is 4. The highest BCUT2D eigenvalue weighted by molar-refractivity contribution is 7.16. The van der Waals surface area contributed by atoms with Crippen LogP contribution in [0.5, 0.6) is 0 Å². The van der Waals surface area contributed by atoms with E-state index in [2.05, 4.69) is 0 Å².